The van der Waals surface area contributed by atoms with Crippen LogP contribution in [0, 0.1) is 11.8 Å². The zero-order valence-corrected chi connectivity index (χ0v) is 77.0. The number of esters is 2. The summed E-state index contributed by atoms with van der Waals surface area (Å²) in [5, 5.41) is 30.3. The predicted octanol–water partition coefficient (Wildman–Crippen LogP) is 18.7. The summed E-state index contributed by atoms with van der Waals surface area (Å²) < 4.78 is 87.1. The number of aliphatic hydroxyl groups is 2. The van der Waals surface area contributed by atoms with Gasteiger partial charge in [-0.1, -0.05) is 190 Å². The lowest BCUT2D eigenvalue weighted by atomic mass is 9.96. The van der Waals surface area contributed by atoms with Crippen LogP contribution in [0.4, 0.5) is 0 Å². The van der Waals surface area contributed by atoms with E-state index in [0.29, 0.717) is 117 Å². The number of aliphatic hydroxyl groups excluding tert-OH is 2. The van der Waals surface area contributed by atoms with Gasteiger partial charge in [0.1, 0.15) is 52.4 Å². The van der Waals surface area contributed by atoms with E-state index in [9.17, 15) is 19.8 Å². The van der Waals surface area contributed by atoms with Crippen LogP contribution in [0.5, 0.6) is 23.0 Å². The SMILES string of the molecule is COCOc1ccc(OCCCN=[N+]=[N-])c(CCC[C@@H]2OC(C)(C)O[C@@H]2C(/C=C\[C@@H](C)[C@@H](C)O[Si](c2ccccc2)(c2ccccc2)C(C)(C)C)O[Si](C)(C)C(C)(C)C)c1C(=O)OCC[Si](C)(C)C.COCOc1ccc(OCCCN=[N+]=[N-])c(CCC[C@@H]2OC(C)(C)O[C@@H]2C(O)/C=C\[C@@H](C)[C@H](C)O)c1C(=O)OCC[Si](C)(C)C. The highest BCUT2D eigenvalue weighted by atomic mass is 28.4. The van der Waals surface area contributed by atoms with Crippen molar-refractivity contribution in [2.24, 2.45) is 22.1 Å². The van der Waals surface area contributed by atoms with Crippen molar-refractivity contribution < 1.29 is 85.5 Å². The van der Waals surface area contributed by atoms with Crippen molar-refractivity contribution in [3.05, 3.63) is 152 Å². The third-order valence-corrected chi connectivity index (χ3v) is 33.8. The minimum absolute atomic E-state index is 0.0209. The molecule has 0 aromatic heterocycles. The molecular weight excluding hydrogens is 1520 g/mol. The maximum atomic E-state index is 14.1. The summed E-state index contributed by atoms with van der Waals surface area (Å²) >= 11 is 0. The minimum atomic E-state index is -2.82. The molecule has 0 amide bonds. The molecule has 2 heterocycles. The first-order chi connectivity index (χ1) is 53.5. The minimum Gasteiger partial charge on any atom is -0.493 e. The van der Waals surface area contributed by atoms with Gasteiger partial charge in [0, 0.05) is 70.5 Å². The van der Waals surface area contributed by atoms with Gasteiger partial charge >= 0.3 is 11.9 Å². The maximum absolute atomic E-state index is 14.1. The van der Waals surface area contributed by atoms with Gasteiger partial charge in [-0.05, 0) is 186 Å². The summed E-state index contributed by atoms with van der Waals surface area (Å²) in [4.78, 5) is 33.3. The van der Waals surface area contributed by atoms with E-state index in [4.69, 9.17) is 76.8 Å². The summed E-state index contributed by atoms with van der Waals surface area (Å²) in [7, 11) is -5.08. The van der Waals surface area contributed by atoms with Gasteiger partial charge in [0.05, 0.1) is 50.8 Å². The standard InChI is InChI=1S/C54H85N3O9Si3.C32H53N3O9Si/c1-40(41(2)65-69(53(6,7)8,42-25-19-17-20-26-42)43-27-21-18-22-28-43)31-32-48(66-68(15,16)52(3,4)5)50-47(63-54(9,10)64-50)30-23-29-44-45(60-36-24-35-56-57-55)33-34-46(62-39-59-11)49(44)51(58)61-37-38-67(12,13)14;1-22(23(2)36)13-14-25(37)30-28(43-32(3,4)44-30)12-9-11-24-26(40-18-10-17-34-35-33)15-16-27(42-21-39-5)29(24)31(38)41-19-20-45(6,7)8/h17-22,25-28,31-34,40-41,47-48,50H,23-24,29-30,35-39H2,1-16H3;13-16,22-23,25,28,30,36-37H,9-12,17-21H2,1-8H3/b32-31-;14-13-/t40-,41-,47+,48?,50+;22-,23+,25?,28+,30-/m11/s1. The number of ether oxygens (including phenoxy) is 12. The van der Waals surface area contributed by atoms with Gasteiger partial charge in [-0.25, -0.2) is 9.59 Å². The molecule has 2 saturated heterocycles. The summed E-state index contributed by atoms with van der Waals surface area (Å²) in [6.07, 6.45) is 8.25. The monoisotopic (exact) mass is 1650 g/mol. The van der Waals surface area contributed by atoms with Gasteiger partial charge in [0.15, 0.2) is 33.5 Å². The molecule has 2 N–H and O–H groups in total. The molecule has 10 atom stereocenters. The molecule has 114 heavy (non-hydrogen) atoms. The van der Waals surface area contributed by atoms with Gasteiger partial charge in [0.25, 0.3) is 8.32 Å². The number of nitrogens with zero attached hydrogens (tertiary/aromatic N) is 6. The van der Waals surface area contributed by atoms with E-state index in [2.05, 4.69) is 201 Å². The number of methoxy groups -OCH3 is 2. The lowest BCUT2D eigenvalue weighted by Crippen LogP contribution is -2.67. The average molecular weight is 1660 g/mol. The van der Waals surface area contributed by atoms with E-state index in [1.54, 1.807) is 44.4 Å². The Hall–Kier alpha value is -6.41. The number of carbonyl (C=O) groups is 2. The molecule has 4 aromatic rings. The van der Waals surface area contributed by atoms with Crippen LogP contribution >= 0.6 is 0 Å². The van der Waals surface area contributed by atoms with E-state index in [0.717, 1.165) is 12.1 Å². The van der Waals surface area contributed by atoms with Crippen molar-refractivity contribution in [2.45, 2.75) is 283 Å². The molecule has 0 radical (unpaired) electrons. The summed E-state index contributed by atoms with van der Waals surface area (Å²) in [6.45, 7) is 48.9. The van der Waals surface area contributed by atoms with Crippen molar-refractivity contribution in [2.75, 3.05) is 67.3 Å². The van der Waals surface area contributed by atoms with Crippen molar-refractivity contribution in [3.63, 3.8) is 0 Å². The van der Waals surface area contributed by atoms with Crippen molar-refractivity contribution >= 4 is 55.1 Å². The van der Waals surface area contributed by atoms with E-state index < -0.39 is 92.9 Å². The smallest absolute Gasteiger partial charge is 0.342 e. The zero-order valence-electron chi connectivity index (χ0n) is 73.0. The quantitative estimate of drug-likeness (QED) is 0.00607. The van der Waals surface area contributed by atoms with Gasteiger partial charge in [-0.2, -0.15) is 0 Å². The molecule has 24 nitrogen and oxygen atoms in total. The molecule has 0 spiro atoms. The van der Waals surface area contributed by atoms with E-state index in [1.807, 2.05) is 40.7 Å². The lowest BCUT2D eigenvalue weighted by molar-refractivity contribution is -0.153. The third-order valence-electron chi connectivity index (χ3n) is 20.8. The Labute approximate surface area is 684 Å². The molecule has 28 heteroatoms. The Morgan fingerprint density at radius 2 is 0.939 bits per heavy atom. The Morgan fingerprint density at radius 1 is 0.526 bits per heavy atom. The first kappa shape index (κ1) is 98.2. The van der Waals surface area contributed by atoms with Crippen molar-refractivity contribution in [3.8, 4) is 23.0 Å². The molecular formula is C86H138N6O18Si4. The van der Waals surface area contributed by atoms with Crippen LogP contribution in [-0.2, 0) is 59.6 Å². The Morgan fingerprint density at radius 3 is 1.33 bits per heavy atom. The fourth-order valence-electron chi connectivity index (χ4n) is 13.2. The molecule has 6 rings (SSSR count). The van der Waals surface area contributed by atoms with Crippen LogP contribution in [0.2, 0.25) is 74.5 Å². The van der Waals surface area contributed by atoms with E-state index in [1.165, 1.54) is 17.5 Å². The van der Waals surface area contributed by atoms with E-state index in [-0.39, 0.29) is 66.4 Å². The summed E-state index contributed by atoms with van der Waals surface area (Å²) in [6, 6.07) is 30.2. The molecule has 0 aliphatic carbocycles. The normalized spacial score (nSPS) is 18.8. The first-order valence-electron chi connectivity index (χ1n) is 40.5. The van der Waals surface area contributed by atoms with Crippen LogP contribution < -0.4 is 29.3 Å². The molecule has 2 aliphatic heterocycles. The van der Waals surface area contributed by atoms with Gasteiger partial charge in [-0.3, -0.25) is 0 Å². The molecule has 2 unspecified atom stereocenters. The number of azide groups is 2. The highest BCUT2D eigenvalue weighted by Gasteiger charge is 2.53. The average Bonchev–Trinajstić information content (AvgIpc) is 1.39. The Bertz CT molecular complexity index is 3720. The highest BCUT2D eigenvalue weighted by molar-refractivity contribution is 6.99. The van der Waals surface area contributed by atoms with Crippen LogP contribution in [0.25, 0.3) is 20.9 Å². The number of hydrogen-bond donors (Lipinski definition) is 2. The fraction of sp³-hybridized carbons (Fsp3) is 0.651. The maximum Gasteiger partial charge on any atom is 0.342 e. The summed E-state index contributed by atoms with van der Waals surface area (Å²) in [5.74, 6) is -1.09. The van der Waals surface area contributed by atoms with Crippen molar-refractivity contribution in [1.29, 1.82) is 0 Å². The van der Waals surface area contributed by atoms with Crippen LogP contribution in [-0.4, -0.2) is 183 Å². The second kappa shape index (κ2) is 45.5. The zero-order chi connectivity index (χ0) is 84.9. The summed E-state index contributed by atoms with van der Waals surface area (Å²) in [5.41, 5.74) is 19.3. The second-order valence-electron chi connectivity index (χ2n) is 35.7. The molecule has 636 valence electrons. The second-order valence-corrected chi connectivity index (χ2v) is 56.0. The number of benzene rings is 4. The van der Waals surface area contributed by atoms with Gasteiger partial charge in [0.2, 0.25) is 0 Å². The van der Waals surface area contributed by atoms with Crippen LogP contribution in [0.1, 0.15) is 167 Å². The lowest BCUT2D eigenvalue weighted by Gasteiger charge is -2.45. The molecule has 4 aromatic carbocycles. The Balaban J connectivity index is 0.000000446. The largest absolute Gasteiger partial charge is 0.493 e. The Kier molecular flexibility index (Phi) is 39.2. The molecule has 2 aliphatic rings. The number of hydrogen-bond acceptors (Lipinski definition) is 20. The molecule has 2 fully saturated rings. The van der Waals surface area contributed by atoms with Gasteiger partial charge < -0.3 is 75.9 Å². The first-order valence-corrected chi connectivity index (χ1v) is 52.8. The van der Waals surface area contributed by atoms with Crippen molar-refractivity contribution in [1.82, 2.24) is 0 Å². The van der Waals surface area contributed by atoms with Crippen LogP contribution in [0.15, 0.2) is 119 Å². The van der Waals surface area contributed by atoms with Gasteiger partial charge in [-0.15, -0.1) is 0 Å². The molecule has 0 bridgehead atoms. The predicted molar refractivity (Wildman–Crippen MR) is 461 cm³/mol. The van der Waals surface area contributed by atoms with E-state index >= 15 is 0 Å². The number of carbonyl (C=O) groups excluding carboxylic acids is 2. The molecule has 0 saturated carbocycles. The topological polar surface area (TPSA) is 301 Å². The fourth-order valence-corrected chi connectivity index (χ4v) is 20.7. The highest BCUT2D eigenvalue weighted by Crippen LogP contribution is 2.44. The van der Waals surface area contributed by atoms with Crippen LogP contribution in [0.3, 0.4) is 0 Å². The third kappa shape index (κ3) is 30.8. The number of rotatable bonds is 46.